The fourth-order valence-electron chi connectivity index (χ4n) is 4.94. The van der Waals surface area contributed by atoms with Gasteiger partial charge in [-0.25, -0.2) is 9.59 Å². The second-order valence-corrected chi connectivity index (χ2v) is 9.30. The van der Waals surface area contributed by atoms with Gasteiger partial charge in [0.25, 0.3) is 11.7 Å². The van der Waals surface area contributed by atoms with Gasteiger partial charge in [-0.15, -0.1) is 0 Å². The first-order valence-corrected chi connectivity index (χ1v) is 11.1. The molecule has 0 spiro atoms. The molecule has 8 nitrogen and oxygen atoms in total. The molecule has 0 aromatic rings. The third kappa shape index (κ3) is 4.24. The van der Waals surface area contributed by atoms with Crippen LogP contribution in [-0.4, -0.2) is 64.5 Å². The van der Waals surface area contributed by atoms with Crippen LogP contribution in [0.25, 0.3) is 0 Å². The topological polar surface area (TPSA) is 110 Å². The monoisotopic (exact) mass is 423 g/mol. The van der Waals surface area contributed by atoms with Gasteiger partial charge in [-0.2, -0.15) is 0 Å². The van der Waals surface area contributed by atoms with Gasteiger partial charge in [0.1, 0.15) is 17.7 Å². The van der Waals surface area contributed by atoms with Crippen LogP contribution < -0.4 is 0 Å². The number of ether oxygens (including phenoxy) is 2. The Balaban J connectivity index is 1.92. The van der Waals surface area contributed by atoms with Crippen molar-refractivity contribution in [1.82, 2.24) is 4.90 Å². The quantitative estimate of drug-likeness (QED) is 0.542. The van der Waals surface area contributed by atoms with Gasteiger partial charge in [-0.1, -0.05) is 20.8 Å². The number of cyclic esters (lactones) is 2. The van der Waals surface area contributed by atoms with Crippen molar-refractivity contribution >= 4 is 23.6 Å². The van der Waals surface area contributed by atoms with Crippen molar-refractivity contribution in [2.24, 2.45) is 17.8 Å². The van der Waals surface area contributed by atoms with Crippen molar-refractivity contribution in [2.75, 3.05) is 13.2 Å². The molecule has 168 valence electrons. The first-order valence-electron chi connectivity index (χ1n) is 11.1. The van der Waals surface area contributed by atoms with E-state index in [0.29, 0.717) is 32.1 Å². The van der Waals surface area contributed by atoms with E-state index in [1.165, 1.54) is 0 Å². The van der Waals surface area contributed by atoms with Gasteiger partial charge in [0.05, 0.1) is 13.2 Å². The van der Waals surface area contributed by atoms with Crippen LogP contribution >= 0.6 is 0 Å². The number of fused-ring (bicyclic) bond motifs is 2. The third-order valence-corrected chi connectivity index (χ3v) is 7.07. The molecule has 0 aromatic heterocycles. The molecule has 5 atom stereocenters. The van der Waals surface area contributed by atoms with E-state index >= 15 is 0 Å². The van der Waals surface area contributed by atoms with Crippen molar-refractivity contribution < 1.29 is 33.8 Å². The average molecular weight is 424 g/mol. The summed E-state index contributed by atoms with van der Waals surface area (Å²) in [6, 6.07) is -2.04. The zero-order chi connectivity index (χ0) is 22.1. The van der Waals surface area contributed by atoms with Gasteiger partial charge in [0.2, 0.25) is 0 Å². The highest BCUT2D eigenvalue weighted by Gasteiger charge is 2.53. The van der Waals surface area contributed by atoms with E-state index in [0.717, 1.165) is 11.3 Å². The molecule has 0 unspecified atom stereocenters. The Hall–Kier alpha value is -1.96. The molecule has 0 radical (unpaired) electrons. The number of amides is 1. The number of ketones is 1. The number of hydrogen-bond acceptors (Lipinski definition) is 7. The van der Waals surface area contributed by atoms with E-state index in [-0.39, 0.29) is 37.4 Å². The number of esters is 2. The second-order valence-electron chi connectivity index (χ2n) is 9.30. The Morgan fingerprint density at radius 1 is 1.00 bits per heavy atom. The molecule has 2 saturated heterocycles. The van der Waals surface area contributed by atoms with E-state index in [2.05, 4.69) is 0 Å². The number of hydrogen-bond donors (Lipinski definition) is 1. The number of Topliss-reactive ketones (excluding diaryl/α,β-unsaturated/α-hetero) is 1. The standard InChI is InChI=1S/C22H33NO7/c1-13(2)15-9-8-14(3)22(28,12-15)18(24)19(25)23-16-6-4-7-17(23)21(27)30-11-5-10-29-20(16)26/h13-17,28H,4-12H2,1-3H3/t14-,15-,16-,17+,22+/m1/s1. The van der Waals surface area contributed by atoms with Gasteiger partial charge in [-0.3, -0.25) is 9.59 Å². The van der Waals surface area contributed by atoms with E-state index in [9.17, 15) is 24.3 Å². The Bertz CT molecular complexity index is 680. The molecule has 0 aromatic carbocycles. The van der Waals surface area contributed by atoms with Gasteiger partial charge in [-0.05, 0) is 56.3 Å². The predicted molar refractivity (Wildman–Crippen MR) is 106 cm³/mol. The molecule has 8 heteroatoms. The van der Waals surface area contributed by atoms with Crippen LogP contribution in [0.4, 0.5) is 0 Å². The van der Waals surface area contributed by atoms with Crippen LogP contribution in [-0.2, 0) is 28.7 Å². The normalized spacial score (nSPS) is 35.4. The Morgan fingerprint density at radius 2 is 1.57 bits per heavy atom. The van der Waals surface area contributed by atoms with Gasteiger partial charge in [0.15, 0.2) is 0 Å². The minimum atomic E-state index is -1.80. The fourth-order valence-corrected chi connectivity index (χ4v) is 4.94. The second kappa shape index (κ2) is 9.04. The Kier molecular flexibility index (Phi) is 6.84. The number of carbonyl (C=O) groups is 4. The minimum absolute atomic E-state index is 0.0836. The third-order valence-electron chi connectivity index (χ3n) is 7.07. The Morgan fingerprint density at radius 3 is 2.10 bits per heavy atom. The van der Waals surface area contributed by atoms with Crippen LogP contribution in [0.1, 0.15) is 65.7 Å². The molecule has 1 N–H and O–H groups in total. The summed E-state index contributed by atoms with van der Waals surface area (Å²) >= 11 is 0. The lowest BCUT2D eigenvalue weighted by Gasteiger charge is -2.44. The van der Waals surface area contributed by atoms with E-state index < -0.39 is 41.3 Å². The molecule has 1 saturated carbocycles. The van der Waals surface area contributed by atoms with Crippen LogP contribution in [0.3, 0.4) is 0 Å². The Labute approximate surface area is 177 Å². The first kappa shape index (κ1) is 22.7. The first-order chi connectivity index (χ1) is 14.2. The van der Waals surface area contributed by atoms with Crippen LogP contribution in [0, 0.1) is 17.8 Å². The van der Waals surface area contributed by atoms with Crippen molar-refractivity contribution in [1.29, 1.82) is 0 Å². The number of rotatable bonds is 3. The number of piperidine rings is 1. The lowest BCUT2D eigenvalue weighted by atomic mass is 9.66. The maximum absolute atomic E-state index is 13.4. The molecular formula is C22H33NO7. The molecule has 2 bridgehead atoms. The summed E-state index contributed by atoms with van der Waals surface area (Å²) in [4.78, 5) is 53.0. The van der Waals surface area contributed by atoms with E-state index in [1.54, 1.807) is 6.92 Å². The fraction of sp³-hybridized carbons (Fsp3) is 0.818. The van der Waals surface area contributed by atoms with Crippen molar-refractivity contribution in [3.63, 3.8) is 0 Å². The average Bonchev–Trinajstić information content (AvgIpc) is 2.72. The molecule has 3 fully saturated rings. The van der Waals surface area contributed by atoms with Crippen molar-refractivity contribution in [3.8, 4) is 0 Å². The molecule has 2 heterocycles. The largest absolute Gasteiger partial charge is 0.464 e. The summed E-state index contributed by atoms with van der Waals surface area (Å²) in [6.45, 7) is 6.01. The molecule has 1 aliphatic carbocycles. The van der Waals surface area contributed by atoms with Gasteiger partial charge < -0.3 is 19.5 Å². The highest BCUT2D eigenvalue weighted by atomic mass is 16.5. The summed E-state index contributed by atoms with van der Waals surface area (Å²) in [5, 5.41) is 11.3. The predicted octanol–water partition coefficient (Wildman–Crippen LogP) is 1.62. The number of aliphatic hydroxyl groups is 1. The summed E-state index contributed by atoms with van der Waals surface area (Å²) in [5.41, 5.74) is -1.80. The molecular weight excluding hydrogens is 390 g/mol. The highest BCUT2D eigenvalue weighted by molar-refractivity contribution is 6.40. The maximum atomic E-state index is 13.4. The van der Waals surface area contributed by atoms with E-state index in [4.69, 9.17) is 9.47 Å². The smallest absolute Gasteiger partial charge is 0.328 e. The molecule has 30 heavy (non-hydrogen) atoms. The highest BCUT2D eigenvalue weighted by Crippen LogP contribution is 2.41. The zero-order valence-electron chi connectivity index (χ0n) is 18.1. The molecule has 3 aliphatic rings. The minimum Gasteiger partial charge on any atom is -0.464 e. The molecule has 2 aliphatic heterocycles. The summed E-state index contributed by atoms with van der Waals surface area (Å²) < 4.78 is 10.5. The van der Waals surface area contributed by atoms with Gasteiger partial charge in [0, 0.05) is 6.42 Å². The van der Waals surface area contributed by atoms with Crippen molar-refractivity contribution in [2.45, 2.75) is 83.4 Å². The van der Waals surface area contributed by atoms with Crippen molar-refractivity contribution in [3.05, 3.63) is 0 Å². The maximum Gasteiger partial charge on any atom is 0.328 e. The summed E-state index contributed by atoms with van der Waals surface area (Å²) in [7, 11) is 0. The van der Waals surface area contributed by atoms with Gasteiger partial charge >= 0.3 is 11.9 Å². The van der Waals surface area contributed by atoms with E-state index in [1.807, 2.05) is 13.8 Å². The molecule has 1 amide bonds. The lowest BCUT2D eigenvalue weighted by molar-refractivity contribution is -0.177. The van der Waals surface area contributed by atoms with Crippen LogP contribution in [0.2, 0.25) is 0 Å². The SMILES string of the molecule is CC(C)[C@@H]1CC[C@@H](C)[C@](O)(C(=O)C(=O)N2[C@@H]3CCC[C@H]2C(=O)OCCCOC3=O)C1. The summed E-state index contributed by atoms with van der Waals surface area (Å²) in [6.07, 6.45) is 3.26. The molecule has 3 rings (SSSR count). The summed E-state index contributed by atoms with van der Waals surface area (Å²) in [5.74, 6) is -3.14. The zero-order valence-corrected chi connectivity index (χ0v) is 18.1. The lowest BCUT2D eigenvalue weighted by Crippen LogP contribution is -2.63. The van der Waals surface area contributed by atoms with Crippen LogP contribution in [0.15, 0.2) is 0 Å². The number of nitrogens with zero attached hydrogens (tertiary/aromatic N) is 1. The van der Waals surface area contributed by atoms with Crippen LogP contribution in [0.5, 0.6) is 0 Å². The number of carbonyl (C=O) groups excluding carboxylic acids is 4.